The number of benzene rings is 1. The van der Waals surface area contributed by atoms with Gasteiger partial charge in [0.25, 0.3) is 0 Å². The molecule has 1 aromatic carbocycles. The van der Waals surface area contributed by atoms with E-state index in [0.29, 0.717) is 17.5 Å². The number of halogens is 3. The Morgan fingerprint density at radius 1 is 1.10 bits per heavy atom. The van der Waals surface area contributed by atoms with Gasteiger partial charge in [0.05, 0.1) is 5.56 Å². The third-order valence-electron chi connectivity index (χ3n) is 4.42. The lowest BCUT2D eigenvalue weighted by atomic mass is 9.78. The molecule has 4 heteroatoms. The van der Waals surface area contributed by atoms with Crippen molar-refractivity contribution < 1.29 is 13.2 Å². The van der Waals surface area contributed by atoms with Crippen LogP contribution in [0.3, 0.4) is 0 Å². The van der Waals surface area contributed by atoms with Crippen LogP contribution >= 0.6 is 0 Å². The molecule has 1 aliphatic carbocycles. The Morgan fingerprint density at radius 2 is 1.70 bits per heavy atom. The van der Waals surface area contributed by atoms with Crippen LogP contribution < -0.4 is 5.32 Å². The molecule has 0 heterocycles. The summed E-state index contributed by atoms with van der Waals surface area (Å²) in [5.41, 5.74) is 0.305. The van der Waals surface area contributed by atoms with Gasteiger partial charge >= 0.3 is 6.18 Å². The van der Waals surface area contributed by atoms with Crippen molar-refractivity contribution >= 4 is 5.69 Å². The van der Waals surface area contributed by atoms with Crippen LogP contribution in [0.15, 0.2) is 18.2 Å². The number of nitrogens with one attached hydrogen (secondary N) is 1. The molecular formula is C16H22F3N. The summed E-state index contributed by atoms with van der Waals surface area (Å²) in [6, 6.07) is 4.79. The maximum atomic E-state index is 12.9. The second-order valence-electron chi connectivity index (χ2n) is 6.08. The van der Waals surface area contributed by atoms with Crippen LogP contribution in [0.1, 0.15) is 44.2 Å². The number of rotatable bonds is 2. The van der Waals surface area contributed by atoms with Gasteiger partial charge in [-0.15, -0.1) is 0 Å². The fourth-order valence-corrected chi connectivity index (χ4v) is 3.18. The highest BCUT2D eigenvalue weighted by atomic mass is 19.4. The third kappa shape index (κ3) is 3.28. The van der Waals surface area contributed by atoms with Gasteiger partial charge < -0.3 is 5.32 Å². The Hall–Kier alpha value is -1.19. The van der Waals surface area contributed by atoms with Crippen LogP contribution in [0.2, 0.25) is 0 Å². The van der Waals surface area contributed by atoms with E-state index in [-0.39, 0.29) is 11.6 Å². The zero-order valence-corrected chi connectivity index (χ0v) is 12.2. The molecule has 0 spiro atoms. The lowest BCUT2D eigenvalue weighted by Crippen LogP contribution is -2.37. The highest BCUT2D eigenvalue weighted by molar-refractivity contribution is 5.50. The fraction of sp³-hybridized carbons (Fsp3) is 0.625. The smallest absolute Gasteiger partial charge is 0.382 e. The molecule has 0 saturated heterocycles. The molecule has 1 N–H and O–H groups in total. The van der Waals surface area contributed by atoms with Gasteiger partial charge in [-0.05, 0) is 49.3 Å². The van der Waals surface area contributed by atoms with E-state index in [1.54, 1.807) is 12.1 Å². The molecule has 1 nitrogen and oxygen atoms in total. The van der Waals surface area contributed by atoms with Crippen molar-refractivity contribution in [2.24, 2.45) is 11.8 Å². The second kappa shape index (κ2) is 5.66. The molecule has 1 aliphatic rings. The van der Waals surface area contributed by atoms with Crippen LogP contribution in [-0.4, -0.2) is 6.04 Å². The average molecular weight is 285 g/mol. The largest absolute Gasteiger partial charge is 0.416 e. The molecule has 20 heavy (non-hydrogen) atoms. The van der Waals surface area contributed by atoms with Gasteiger partial charge in [-0.1, -0.05) is 26.3 Å². The lowest BCUT2D eigenvalue weighted by Gasteiger charge is -2.36. The second-order valence-corrected chi connectivity index (χ2v) is 6.08. The minimum Gasteiger partial charge on any atom is -0.382 e. The summed E-state index contributed by atoms with van der Waals surface area (Å²) in [4.78, 5) is 0. The Morgan fingerprint density at radius 3 is 2.25 bits per heavy atom. The summed E-state index contributed by atoms with van der Waals surface area (Å²) in [5, 5.41) is 3.32. The minimum absolute atomic E-state index is 0.257. The molecule has 1 aromatic rings. The van der Waals surface area contributed by atoms with Gasteiger partial charge in [0, 0.05) is 11.7 Å². The molecule has 2 unspecified atom stereocenters. The topological polar surface area (TPSA) is 12.0 Å². The van der Waals surface area contributed by atoms with Gasteiger partial charge in [0.2, 0.25) is 0 Å². The van der Waals surface area contributed by atoms with Crippen molar-refractivity contribution in [3.8, 4) is 0 Å². The molecule has 0 radical (unpaired) electrons. The van der Waals surface area contributed by atoms with E-state index in [2.05, 4.69) is 19.2 Å². The number of aryl methyl sites for hydroxylation is 1. The van der Waals surface area contributed by atoms with E-state index in [9.17, 15) is 13.2 Å². The maximum Gasteiger partial charge on any atom is 0.416 e. The van der Waals surface area contributed by atoms with Gasteiger partial charge in [-0.3, -0.25) is 0 Å². The Kier molecular flexibility index (Phi) is 4.31. The fourth-order valence-electron chi connectivity index (χ4n) is 3.18. The van der Waals surface area contributed by atoms with Crippen molar-refractivity contribution in [1.82, 2.24) is 0 Å². The van der Waals surface area contributed by atoms with Crippen molar-refractivity contribution in [3.05, 3.63) is 29.3 Å². The van der Waals surface area contributed by atoms with Crippen molar-refractivity contribution in [3.63, 3.8) is 0 Å². The summed E-state index contributed by atoms with van der Waals surface area (Å²) in [7, 11) is 0. The highest BCUT2D eigenvalue weighted by Gasteiger charge is 2.33. The monoisotopic (exact) mass is 285 g/mol. The first-order valence-corrected chi connectivity index (χ1v) is 7.23. The minimum atomic E-state index is -4.29. The standard InChI is InChI=1S/C16H22F3N/c1-10-7-8-13(9-14(10)16(17,18)19)20-15-11(2)5-4-6-12(15)3/h7-9,11-12,15,20H,4-6H2,1-3H3. The normalized spacial score (nSPS) is 27.4. The van der Waals surface area contributed by atoms with Gasteiger partial charge in [0.1, 0.15) is 0 Å². The van der Waals surface area contributed by atoms with E-state index < -0.39 is 11.7 Å². The molecule has 112 valence electrons. The highest BCUT2D eigenvalue weighted by Crippen LogP contribution is 2.35. The SMILES string of the molecule is Cc1ccc(NC2C(C)CCCC2C)cc1C(F)(F)F. The number of hydrogen-bond donors (Lipinski definition) is 1. The van der Waals surface area contributed by atoms with Gasteiger partial charge in [-0.2, -0.15) is 13.2 Å². The predicted molar refractivity (Wildman–Crippen MR) is 75.8 cm³/mol. The number of anilines is 1. The molecule has 0 aromatic heterocycles. The molecule has 2 rings (SSSR count). The van der Waals surface area contributed by atoms with Crippen molar-refractivity contribution in [1.29, 1.82) is 0 Å². The Balaban J connectivity index is 2.21. The molecular weight excluding hydrogens is 263 g/mol. The van der Waals surface area contributed by atoms with Gasteiger partial charge in [-0.25, -0.2) is 0 Å². The van der Waals surface area contributed by atoms with Crippen LogP contribution in [0.5, 0.6) is 0 Å². The third-order valence-corrected chi connectivity index (χ3v) is 4.42. The van der Waals surface area contributed by atoms with Crippen LogP contribution in [0.25, 0.3) is 0 Å². The number of alkyl halides is 3. The molecule has 0 aliphatic heterocycles. The zero-order valence-electron chi connectivity index (χ0n) is 12.2. The Labute approximate surface area is 118 Å². The summed E-state index contributed by atoms with van der Waals surface area (Å²) < 4.78 is 38.8. The molecule has 0 bridgehead atoms. The van der Waals surface area contributed by atoms with Crippen LogP contribution in [0, 0.1) is 18.8 Å². The van der Waals surface area contributed by atoms with Crippen LogP contribution in [0.4, 0.5) is 18.9 Å². The summed E-state index contributed by atoms with van der Waals surface area (Å²) >= 11 is 0. The molecule has 1 saturated carbocycles. The van der Waals surface area contributed by atoms with E-state index >= 15 is 0 Å². The summed E-state index contributed by atoms with van der Waals surface area (Å²) in [6.45, 7) is 5.84. The molecule has 0 amide bonds. The lowest BCUT2D eigenvalue weighted by molar-refractivity contribution is -0.138. The van der Waals surface area contributed by atoms with Crippen molar-refractivity contribution in [2.75, 3.05) is 5.32 Å². The summed E-state index contributed by atoms with van der Waals surface area (Å²) in [5.74, 6) is 0.990. The van der Waals surface area contributed by atoms with E-state index in [1.165, 1.54) is 19.4 Å². The first-order chi connectivity index (χ1) is 9.29. The van der Waals surface area contributed by atoms with E-state index in [0.717, 1.165) is 12.8 Å². The first kappa shape index (κ1) is 15.2. The number of hydrogen-bond acceptors (Lipinski definition) is 1. The predicted octanol–water partition coefficient (Wildman–Crippen LogP) is 5.25. The Bertz CT molecular complexity index is 457. The van der Waals surface area contributed by atoms with Crippen molar-refractivity contribution in [2.45, 2.75) is 52.3 Å². The van der Waals surface area contributed by atoms with Crippen LogP contribution in [-0.2, 0) is 6.18 Å². The van der Waals surface area contributed by atoms with E-state index in [1.807, 2.05) is 0 Å². The summed E-state index contributed by atoms with van der Waals surface area (Å²) in [6.07, 6.45) is -0.798. The molecule has 1 fully saturated rings. The molecule has 2 atom stereocenters. The van der Waals surface area contributed by atoms with E-state index in [4.69, 9.17) is 0 Å². The maximum absolute atomic E-state index is 12.9. The zero-order chi connectivity index (χ0) is 14.9. The quantitative estimate of drug-likeness (QED) is 0.782. The van der Waals surface area contributed by atoms with Gasteiger partial charge in [0.15, 0.2) is 0 Å². The average Bonchev–Trinajstić information content (AvgIpc) is 2.34. The first-order valence-electron chi connectivity index (χ1n) is 7.23.